The number of aromatic nitrogens is 2. The number of amides is 1. The van der Waals surface area contributed by atoms with Crippen LogP contribution in [-0.4, -0.2) is 39.9 Å². The van der Waals surface area contributed by atoms with Gasteiger partial charge >= 0.3 is 5.97 Å². The van der Waals surface area contributed by atoms with E-state index < -0.39 is 5.97 Å². The van der Waals surface area contributed by atoms with E-state index in [9.17, 15) is 14.7 Å². The molecule has 0 unspecified atom stereocenters. The Morgan fingerprint density at radius 3 is 2.82 bits per heavy atom. The number of hydrogen-bond donors (Lipinski definition) is 1. The molecule has 0 saturated carbocycles. The van der Waals surface area contributed by atoms with E-state index in [-0.39, 0.29) is 18.0 Å². The Kier molecular flexibility index (Phi) is 7.31. The highest BCUT2D eigenvalue weighted by atomic mass is 16.5. The van der Waals surface area contributed by atoms with Gasteiger partial charge in [-0.2, -0.15) is 5.10 Å². The lowest BCUT2D eigenvalue weighted by atomic mass is 9.93. The predicted molar refractivity (Wildman–Crippen MR) is 144 cm³/mol. The van der Waals surface area contributed by atoms with Gasteiger partial charge in [-0.05, 0) is 73.6 Å². The van der Waals surface area contributed by atoms with Gasteiger partial charge < -0.3 is 19.2 Å². The van der Waals surface area contributed by atoms with E-state index in [0.717, 1.165) is 46.5 Å². The first-order valence-electron chi connectivity index (χ1n) is 12.9. The summed E-state index contributed by atoms with van der Waals surface area (Å²) in [6.07, 6.45) is 7.85. The normalized spacial score (nSPS) is 12.8. The Hall–Kier alpha value is -4.33. The number of nitrogens with zero attached hydrogens (tertiary/aromatic N) is 3. The van der Waals surface area contributed by atoms with Crippen LogP contribution < -0.4 is 9.64 Å². The number of aromatic carboxylic acids is 1. The second kappa shape index (κ2) is 11.0. The second-order valence-electron chi connectivity index (χ2n) is 9.59. The number of ether oxygens (including phenoxy) is 1. The molecule has 0 aliphatic carbocycles. The topological polar surface area (TPSA) is 97.8 Å². The van der Waals surface area contributed by atoms with Crippen LogP contribution in [-0.2, 0) is 17.8 Å². The third-order valence-corrected chi connectivity index (χ3v) is 7.12. The van der Waals surface area contributed by atoms with Gasteiger partial charge in [-0.25, -0.2) is 4.79 Å². The number of fused-ring (bicyclic) bond motifs is 1. The van der Waals surface area contributed by atoms with Gasteiger partial charge in [-0.3, -0.25) is 9.48 Å². The maximum Gasteiger partial charge on any atom is 0.339 e. The smallest absolute Gasteiger partial charge is 0.339 e. The van der Waals surface area contributed by atoms with Crippen molar-refractivity contribution >= 4 is 17.6 Å². The van der Waals surface area contributed by atoms with Gasteiger partial charge in [0.1, 0.15) is 17.1 Å². The van der Waals surface area contributed by atoms with Crippen molar-refractivity contribution < 1.29 is 23.8 Å². The summed E-state index contributed by atoms with van der Waals surface area (Å²) < 4.78 is 13.0. The number of carbonyl (C=O) groups is 2. The molecule has 196 valence electrons. The summed E-state index contributed by atoms with van der Waals surface area (Å²) in [5.41, 5.74) is 6.47. The van der Waals surface area contributed by atoms with Crippen LogP contribution >= 0.6 is 0 Å². The Labute approximate surface area is 221 Å². The molecule has 0 bridgehead atoms. The lowest BCUT2D eigenvalue weighted by molar-refractivity contribution is -0.118. The zero-order valence-electron chi connectivity index (χ0n) is 21.6. The van der Waals surface area contributed by atoms with E-state index in [1.807, 2.05) is 48.4 Å². The molecule has 4 aromatic rings. The maximum atomic E-state index is 13.2. The highest BCUT2D eigenvalue weighted by Crippen LogP contribution is 2.36. The molecule has 3 heterocycles. The first kappa shape index (κ1) is 25.3. The molecule has 0 atom stereocenters. The van der Waals surface area contributed by atoms with Gasteiger partial charge in [0, 0.05) is 30.4 Å². The van der Waals surface area contributed by atoms with Crippen molar-refractivity contribution in [2.24, 2.45) is 0 Å². The Morgan fingerprint density at radius 1 is 1.13 bits per heavy atom. The number of carbonyl (C=O) groups excluding carboxylic acids is 1. The molecule has 1 N–H and O–H groups in total. The molecule has 0 saturated heterocycles. The fourth-order valence-corrected chi connectivity index (χ4v) is 4.97. The average Bonchev–Trinajstić information content (AvgIpc) is 3.58. The zero-order chi connectivity index (χ0) is 26.6. The van der Waals surface area contributed by atoms with Crippen LogP contribution in [0.3, 0.4) is 0 Å². The summed E-state index contributed by atoms with van der Waals surface area (Å²) in [5, 5.41) is 13.8. The highest BCUT2D eigenvalue weighted by molar-refractivity contribution is 5.96. The van der Waals surface area contributed by atoms with Crippen molar-refractivity contribution in [2.75, 3.05) is 18.1 Å². The van der Waals surface area contributed by atoms with E-state index in [1.54, 1.807) is 10.9 Å². The molecule has 1 amide bonds. The van der Waals surface area contributed by atoms with Crippen LogP contribution in [0.2, 0.25) is 0 Å². The minimum atomic E-state index is -1.03. The Bertz CT molecular complexity index is 1470. The number of furan rings is 1. The summed E-state index contributed by atoms with van der Waals surface area (Å²) >= 11 is 0. The largest absolute Gasteiger partial charge is 0.493 e. The molecule has 0 spiro atoms. The molecule has 8 heteroatoms. The van der Waals surface area contributed by atoms with E-state index in [4.69, 9.17) is 9.15 Å². The summed E-state index contributed by atoms with van der Waals surface area (Å²) in [6.45, 7) is 5.52. The summed E-state index contributed by atoms with van der Waals surface area (Å²) in [7, 11) is 0. The van der Waals surface area contributed by atoms with Gasteiger partial charge in [0.2, 0.25) is 5.91 Å². The third kappa shape index (κ3) is 5.20. The summed E-state index contributed by atoms with van der Waals surface area (Å²) in [5.74, 6) is 0.292. The quantitative estimate of drug-likeness (QED) is 0.291. The van der Waals surface area contributed by atoms with Crippen molar-refractivity contribution in [1.82, 2.24) is 9.78 Å². The molecule has 2 aromatic heterocycles. The van der Waals surface area contributed by atoms with Gasteiger partial charge in [0.25, 0.3) is 0 Å². The number of hydrogen-bond acceptors (Lipinski definition) is 5. The number of aryl methyl sites for hydroxylation is 1. The molecule has 8 nitrogen and oxygen atoms in total. The molecule has 2 aromatic carbocycles. The SMILES string of the molecule is Cc1cccc(OCCCC(=O)N2CCCc3c(-c4cnn(Cc5occc5C(=O)O)c4)cccc32)c1C. The molecule has 1 aliphatic heterocycles. The predicted octanol–water partition coefficient (Wildman–Crippen LogP) is 5.64. The van der Waals surface area contributed by atoms with Crippen molar-refractivity contribution in [3.63, 3.8) is 0 Å². The fourth-order valence-electron chi connectivity index (χ4n) is 4.97. The average molecular weight is 514 g/mol. The molecule has 1 aliphatic rings. The van der Waals surface area contributed by atoms with E-state index >= 15 is 0 Å². The Balaban J connectivity index is 1.26. The maximum absolute atomic E-state index is 13.2. The van der Waals surface area contributed by atoms with Gasteiger partial charge in [0.15, 0.2) is 0 Å². The third-order valence-electron chi connectivity index (χ3n) is 7.12. The molecule has 0 radical (unpaired) electrons. The summed E-state index contributed by atoms with van der Waals surface area (Å²) in [4.78, 5) is 26.5. The van der Waals surface area contributed by atoms with Crippen molar-refractivity contribution in [1.29, 1.82) is 0 Å². The van der Waals surface area contributed by atoms with Crippen molar-refractivity contribution in [2.45, 2.75) is 46.1 Å². The van der Waals surface area contributed by atoms with Crippen LogP contribution in [0, 0.1) is 13.8 Å². The van der Waals surface area contributed by atoms with E-state index in [0.29, 0.717) is 31.8 Å². The van der Waals surface area contributed by atoms with Crippen LogP contribution in [0.1, 0.15) is 52.1 Å². The molecular weight excluding hydrogens is 482 g/mol. The molecule has 0 fully saturated rings. The number of rotatable bonds is 9. The van der Waals surface area contributed by atoms with Crippen LogP contribution in [0.5, 0.6) is 5.75 Å². The first-order chi connectivity index (χ1) is 18.4. The first-order valence-corrected chi connectivity index (χ1v) is 12.9. The van der Waals surface area contributed by atoms with Gasteiger partial charge in [0.05, 0.1) is 25.6 Å². The molecular formula is C30H31N3O5. The monoisotopic (exact) mass is 513 g/mol. The lowest BCUT2D eigenvalue weighted by Crippen LogP contribution is -2.35. The minimum Gasteiger partial charge on any atom is -0.493 e. The Morgan fingerprint density at radius 2 is 1.97 bits per heavy atom. The standard InChI is InChI=1S/C30H31N3O5/c1-20-7-3-11-27(21(20)2)37-15-6-12-29(34)33-14-5-9-24-23(8-4-10-26(24)33)22-17-31-32(18-22)19-28-25(30(35)36)13-16-38-28/h3-4,7-8,10-11,13,16-18H,5-6,9,12,14-15,19H2,1-2H3,(H,35,36). The molecule has 5 rings (SSSR count). The van der Waals surface area contributed by atoms with Gasteiger partial charge in [-0.15, -0.1) is 0 Å². The van der Waals surface area contributed by atoms with E-state index in [2.05, 4.69) is 18.1 Å². The van der Waals surface area contributed by atoms with E-state index in [1.165, 1.54) is 17.9 Å². The zero-order valence-corrected chi connectivity index (χ0v) is 21.6. The minimum absolute atomic E-state index is 0.0994. The van der Waals surface area contributed by atoms with Crippen LogP contribution in [0.25, 0.3) is 11.1 Å². The number of carboxylic acid groups (broad SMARTS) is 1. The second-order valence-corrected chi connectivity index (χ2v) is 9.59. The number of carboxylic acids is 1. The van der Waals surface area contributed by atoms with Gasteiger partial charge in [-0.1, -0.05) is 24.3 Å². The number of benzene rings is 2. The number of anilines is 1. The fraction of sp³-hybridized carbons (Fsp3) is 0.300. The van der Waals surface area contributed by atoms with Crippen molar-refractivity contribution in [3.05, 3.63) is 89.1 Å². The molecule has 38 heavy (non-hydrogen) atoms. The van der Waals surface area contributed by atoms with Crippen molar-refractivity contribution in [3.8, 4) is 16.9 Å². The van der Waals surface area contributed by atoms with Crippen LogP contribution in [0.4, 0.5) is 5.69 Å². The van der Waals surface area contributed by atoms with Crippen LogP contribution in [0.15, 0.2) is 65.5 Å². The summed E-state index contributed by atoms with van der Waals surface area (Å²) in [6, 6.07) is 13.5. The highest BCUT2D eigenvalue weighted by Gasteiger charge is 2.25. The lowest BCUT2D eigenvalue weighted by Gasteiger charge is -2.31.